The molecule has 11 heteroatoms. The predicted octanol–water partition coefficient (Wildman–Crippen LogP) is 6.00. The summed E-state index contributed by atoms with van der Waals surface area (Å²) in [5.41, 5.74) is 0.283. The maximum Gasteiger partial charge on any atom is 0.300 e. The van der Waals surface area contributed by atoms with Crippen LogP contribution >= 0.6 is 34.8 Å². The van der Waals surface area contributed by atoms with Crippen LogP contribution in [0.4, 0.5) is 5.69 Å². The van der Waals surface area contributed by atoms with E-state index in [1.54, 1.807) is 24.3 Å². The number of amides is 1. The van der Waals surface area contributed by atoms with Gasteiger partial charge in [-0.05, 0) is 42.0 Å². The molecule has 4 rings (SSSR count). The van der Waals surface area contributed by atoms with Crippen LogP contribution in [0.3, 0.4) is 0 Å². The van der Waals surface area contributed by atoms with E-state index in [0.717, 1.165) is 0 Å². The molecule has 1 saturated heterocycles. The number of methoxy groups -OCH3 is 3. The molecule has 1 heterocycles. The minimum atomic E-state index is -1.17. The lowest BCUT2D eigenvalue weighted by Gasteiger charge is -2.26. The third-order valence-corrected chi connectivity index (χ3v) is 6.70. The maximum atomic E-state index is 13.4. The highest BCUT2D eigenvalue weighted by Gasteiger charge is 2.47. The number of ketones is 1. The number of carbonyl (C=O) groups is 2. The number of carbonyl (C=O) groups excluding carboxylic acids is 2. The zero-order valence-electron chi connectivity index (χ0n) is 19.7. The van der Waals surface area contributed by atoms with Gasteiger partial charge in [-0.1, -0.05) is 46.9 Å². The number of benzene rings is 3. The quantitative estimate of drug-likeness (QED) is 0.215. The summed E-state index contributed by atoms with van der Waals surface area (Å²) in [5.74, 6) is -2.47. The Hall–Kier alpha value is -3.59. The number of Topliss-reactive ketones (excluding diaryl/α,β-unsaturated/α-hetero) is 1. The van der Waals surface area contributed by atoms with Crippen LogP contribution in [0.2, 0.25) is 15.1 Å². The van der Waals surface area contributed by atoms with Crippen LogP contribution < -0.4 is 19.1 Å². The maximum absolute atomic E-state index is 13.4. The average molecular weight is 565 g/mol. The Morgan fingerprint density at radius 3 is 2.22 bits per heavy atom. The molecule has 2 N–H and O–H groups in total. The molecule has 192 valence electrons. The summed E-state index contributed by atoms with van der Waals surface area (Å²) < 4.78 is 15.7. The van der Waals surface area contributed by atoms with Gasteiger partial charge in [-0.3, -0.25) is 14.5 Å². The molecule has 0 aromatic heterocycles. The van der Waals surface area contributed by atoms with E-state index in [9.17, 15) is 19.8 Å². The Morgan fingerprint density at radius 1 is 0.919 bits per heavy atom. The average Bonchev–Trinajstić information content (AvgIpc) is 3.13. The SMILES string of the molecule is COc1ccc(C2/C(=C(\O)c3cc(Cl)c(OC)c(Cl)c3OC)C(=O)C(=O)N2c2cccc(Cl)c2)cc1O. The number of nitrogens with zero attached hydrogens (tertiary/aromatic N) is 1. The van der Waals surface area contributed by atoms with E-state index in [2.05, 4.69) is 0 Å². The second-order valence-electron chi connectivity index (χ2n) is 7.87. The Bertz CT molecular complexity index is 1450. The first-order valence-corrected chi connectivity index (χ1v) is 11.8. The van der Waals surface area contributed by atoms with Gasteiger partial charge in [-0.2, -0.15) is 0 Å². The van der Waals surface area contributed by atoms with Crippen LogP contribution in [-0.2, 0) is 9.59 Å². The van der Waals surface area contributed by atoms with Gasteiger partial charge >= 0.3 is 0 Å². The number of aromatic hydroxyl groups is 1. The molecule has 1 fully saturated rings. The van der Waals surface area contributed by atoms with Crippen molar-refractivity contribution in [2.45, 2.75) is 6.04 Å². The number of aliphatic hydroxyl groups is 1. The highest BCUT2D eigenvalue weighted by molar-refractivity contribution is 6.52. The monoisotopic (exact) mass is 563 g/mol. The zero-order chi connectivity index (χ0) is 27.0. The van der Waals surface area contributed by atoms with Crippen LogP contribution in [0.15, 0.2) is 54.1 Å². The van der Waals surface area contributed by atoms with Crippen LogP contribution in [0.1, 0.15) is 17.2 Å². The number of halogens is 3. The van der Waals surface area contributed by atoms with Gasteiger partial charge in [0.15, 0.2) is 23.0 Å². The molecular weight excluding hydrogens is 545 g/mol. The normalized spacial score (nSPS) is 16.7. The van der Waals surface area contributed by atoms with Gasteiger partial charge in [-0.15, -0.1) is 0 Å². The number of phenols is 1. The standard InChI is InChI=1S/C26H20Cl3NO7/c1-35-18-8-7-12(9-17(18)31)21-19(23(33)26(34)30(21)14-6-4-5-13(27)10-14)22(32)15-11-16(28)25(37-3)20(29)24(15)36-2/h4-11,21,31-32H,1-3H3/b22-19+. The number of hydrogen-bond donors (Lipinski definition) is 2. The van der Waals surface area contributed by atoms with Gasteiger partial charge < -0.3 is 24.4 Å². The first-order valence-electron chi connectivity index (χ1n) is 10.7. The van der Waals surface area contributed by atoms with Crippen molar-refractivity contribution >= 4 is 57.9 Å². The van der Waals surface area contributed by atoms with Crippen molar-refractivity contribution in [1.82, 2.24) is 0 Å². The van der Waals surface area contributed by atoms with E-state index in [0.29, 0.717) is 16.3 Å². The fourth-order valence-electron chi connectivity index (χ4n) is 4.21. The van der Waals surface area contributed by atoms with E-state index in [-0.39, 0.29) is 44.2 Å². The Morgan fingerprint density at radius 2 is 1.62 bits per heavy atom. The van der Waals surface area contributed by atoms with Gasteiger partial charge in [0.25, 0.3) is 11.7 Å². The minimum Gasteiger partial charge on any atom is -0.507 e. The Kier molecular flexibility index (Phi) is 7.45. The first-order chi connectivity index (χ1) is 17.6. The lowest BCUT2D eigenvalue weighted by Crippen LogP contribution is -2.29. The summed E-state index contributed by atoms with van der Waals surface area (Å²) in [4.78, 5) is 27.9. The molecule has 8 nitrogen and oxygen atoms in total. The van der Waals surface area contributed by atoms with Gasteiger partial charge in [-0.25, -0.2) is 0 Å². The highest BCUT2D eigenvalue weighted by atomic mass is 35.5. The summed E-state index contributed by atoms with van der Waals surface area (Å²) in [6, 6.07) is 10.9. The second kappa shape index (κ2) is 10.4. The zero-order valence-corrected chi connectivity index (χ0v) is 22.0. The molecule has 0 saturated carbocycles. The molecule has 3 aromatic carbocycles. The van der Waals surface area contributed by atoms with Crippen molar-refractivity contribution in [3.05, 3.63) is 80.3 Å². The van der Waals surface area contributed by atoms with Gasteiger partial charge in [0.05, 0.1) is 43.5 Å². The number of anilines is 1. The minimum absolute atomic E-state index is 0.0225. The van der Waals surface area contributed by atoms with Gasteiger partial charge in [0.2, 0.25) is 0 Å². The highest BCUT2D eigenvalue weighted by Crippen LogP contribution is 2.48. The molecule has 1 atom stereocenters. The van der Waals surface area contributed by atoms with Crippen LogP contribution in [-0.4, -0.2) is 43.2 Å². The number of rotatable bonds is 6. The van der Waals surface area contributed by atoms with E-state index < -0.39 is 23.5 Å². The molecule has 1 aliphatic heterocycles. The lowest BCUT2D eigenvalue weighted by atomic mass is 9.94. The Labute approximate surface area is 227 Å². The first kappa shape index (κ1) is 26.5. The number of aliphatic hydroxyl groups excluding tert-OH is 1. The third-order valence-electron chi connectivity index (χ3n) is 5.84. The second-order valence-corrected chi connectivity index (χ2v) is 9.09. The van der Waals surface area contributed by atoms with Crippen molar-refractivity contribution in [1.29, 1.82) is 0 Å². The van der Waals surface area contributed by atoms with Crippen molar-refractivity contribution in [2.24, 2.45) is 0 Å². The van der Waals surface area contributed by atoms with Crippen molar-refractivity contribution in [2.75, 3.05) is 26.2 Å². The molecule has 0 spiro atoms. The number of phenolic OH excluding ortho intramolecular Hbond substituents is 1. The van der Waals surface area contributed by atoms with Crippen molar-refractivity contribution in [3.8, 4) is 23.0 Å². The Balaban J connectivity index is 2.04. The largest absolute Gasteiger partial charge is 0.507 e. The molecule has 1 unspecified atom stereocenters. The molecule has 1 aliphatic rings. The van der Waals surface area contributed by atoms with E-state index in [4.69, 9.17) is 49.0 Å². The predicted molar refractivity (Wildman–Crippen MR) is 140 cm³/mol. The van der Waals surface area contributed by atoms with Crippen molar-refractivity contribution in [3.63, 3.8) is 0 Å². The topological polar surface area (TPSA) is 106 Å². The number of ether oxygens (including phenoxy) is 3. The molecule has 1 amide bonds. The molecule has 3 aromatic rings. The van der Waals surface area contributed by atoms with E-state index in [1.165, 1.54) is 50.5 Å². The van der Waals surface area contributed by atoms with Gasteiger partial charge in [0, 0.05) is 10.7 Å². The van der Waals surface area contributed by atoms with Crippen molar-refractivity contribution < 1.29 is 34.0 Å². The van der Waals surface area contributed by atoms with Gasteiger partial charge in [0.1, 0.15) is 10.8 Å². The van der Waals surface area contributed by atoms with Crippen LogP contribution in [0.5, 0.6) is 23.0 Å². The summed E-state index contributed by atoms with van der Waals surface area (Å²) in [7, 11) is 4.06. The fourth-order valence-corrected chi connectivity index (χ4v) is 5.08. The number of hydrogen-bond acceptors (Lipinski definition) is 7. The van der Waals surface area contributed by atoms with E-state index in [1.807, 2.05) is 0 Å². The van der Waals surface area contributed by atoms with E-state index >= 15 is 0 Å². The summed E-state index contributed by atoms with van der Waals surface area (Å²) in [5, 5.41) is 22.3. The molecule has 37 heavy (non-hydrogen) atoms. The molecule has 0 bridgehead atoms. The smallest absolute Gasteiger partial charge is 0.300 e. The molecule has 0 radical (unpaired) electrons. The fraction of sp³-hybridized carbons (Fsp3) is 0.154. The third kappa shape index (κ3) is 4.52. The molecule has 0 aliphatic carbocycles. The summed E-state index contributed by atoms with van der Waals surface area (Å²) in [6.45, 7) is 0. The summed E-state index contributed by atoms with van der Waals surface area (Å²) in [6.07, 6.45) is 0. The van der Waals surface area contributed by atoms with Crippen LogP contribution in [0, 0.1) is 0 Å². The molecular formula is C26H20Cl3NO7. The summed E-state index contributed by atoms with van der Waals surface area (Å²) >= 11 is 18.9. The van der Waals surface area contributed by atoms with Crippen LogP contribution in [0.25, 0.3) is 5.76 Å². The lowest BCUT2D eigenvalue weighted by molar-refractivity contribution is -0.132.